The highest BCUT2D eigenvalue weighted by Crippen LogP contribution is 2.20. The highest BCUT2D eigenvalue weighted by Gasteiger charge is 2.28. The number of nitrogens with one attached hydrogen (secondary N) is 1. The number of sulfonamides is 1. The molecule has 1 heterocycles. The Labute approximate surface area is 141 Å². The molecule has 2 rings (SSSR count). The largest absolute Gasteiger partial charge is 0.481 e. The number of likely N-dealkylation sites (tertiary alicyclic amines) is 1. The Morgan fingerprint density at radius 2 is 2.00 bits per heavy atom. The fourth-order valence-electron chi connectivity index (χ4n) is 2.56. The Hall–Kier alpha value is -2.19. The Morgan fingerprint density at radius 3 is 2.58 bits per heavy atom. The van der Waals surface area contributed by atoms with Gasteiger partial charge >= 0.3 is 5.97 Å². The van der Waals surface area contributed by atoms with Gasteiger partial charge in [-0.3, -0.25) is 9.59 Å². The summed E-state index contributed by atoms with van der Waals surface area (Å²) in [6.45, 7) is 4.25. The number of piperidine rings is 1. The van der Waals surface area contributed by atoms with Gasteiger partial charge in [0.25, 0.3) is 5.91 Å². The van der Waals surface area contributed by atoms with Crippen LogP contribution in [-0.4, -0.2) is 49.9 Å². The van der Waals surface area contributed by atoms with Gasteiger partial charge in [0, 0.05) is 25.2 Å². The molecular weight excluding hydrogens is 332 g/mol. The van der Waals surface area contributed by atoms with Crippen molar-refractivity contribution in [1.29, 1.82) is 0 Å². The van der Waals surface area contributed by atoms with Crippen molar-refractivity contribution in [1.82, 2.24) is 9.62 Å². The maximum absolute atomic E-state index is 12.5. The first-order valence-electron chi connectivity index (χ1n) is 7.58. The van der Waals surface area contributed by atoms with Crippen LogP contribution in [0.25, 0.3) is 0 Å². The molecule has 1 aliphatic heterocycles. The minimum absolute atomic E-state index is 0.00984. The topological polar surface area (TPSA) is 104 Å². The van der Waals surface area contributed by atoms with Crippen molar-refractivity contribution in [3.05, 3.63) is 42.5 Å². The Morgan fingerprint density at radius 1 is 1.33 bits per heavy atom. The second kappa shape index (κ2) is 7.59. The van der Waals surface area contributed by atoms with E-state index in [2.05, 4.69) is 11.3 Å². The smallest absolute Gasteiger partial charge is 0.306 e. The molecule has 0 aromatic heterocycles. The predicted molar refractivity (Wildman–Crippen MR) is 88.1 cm³/mol. The molecule has 0 unspecified atom stereocenters. The molecule has 2 N–H and O–H groups in total. The van der Waals surface area contributed by atoms with Gasteiger partial charge in [-0.1, -0.05) is 12.1 Å². The Balaban J connectivity index is 2.13. The number of aliphatic carboxylic acids is 1. The van der Waals surface area contributed by atoms with Gasteiger partial charge in [0.1, 0.15) is 0 Å². The lowest BCUT2D eigenvalue weighted by atomic mass is 9.96. The average Bonchev–Trinajstić information content (AvgIpc) is 2.59. The van der Waals surface area contributed by atoms with Gasteiger partial charge < -0.3 is 10.0 Å². The number of benzene rings is 1. The van der Waals surface area contributed by atoms with Gasteiger partial charge in [-0.15, -0.1) is 6.58 Å². The van der Waals surface area contributed by atoms with Crippen LogP contribution in [0.1, 0.15) is 23.2 Å². The van der Waals surface area contributed by atoms with E-state index in [-0.39, 0.29) is 22.9 Å². The molecule has 1 aliphatic rings. The van der Waals surface area contributed by atoms with Crippen molar-refractivity contribution in [2.75, 3.05) is 19.6 Å². The molecule has 1 fully saturated rings. The number of rotatable bonds is 6. The summed E-state index contributed by atoms with van der Waals surface area (Å²) in [6.07, 6.45) is 2.24. The Bertz CT molecular complexity index is 737. The van der Waals surface area contributed by atoms with E-state index in [1.54, 1.807) is 11.0 Å². The molecule has 0 aliphatic carbocycles. The number of carboxylic acid groups (broad SMARTS) is 1. The zero-order chi connectivity index (χ0) is 17.7. The highest BCUT2D eigenvalue weighted by molar-refractivity contribution is 7.89. The van der Waals surface area contributed by atoms with E-state index in [1.807, 2.05) is 0 Å². The van der Waals surface area contributed by atoms with Gasteiger partial charge in [-0.05, 0) is 31.0 Å². The lowest BCUT2D eigenvalue weighted by Gasteiger charge is -2.30. The van der Waals surface area contributed by atoms with Crippen LogP contribution in [0.4, 0.5) is 0 Å². The van der Waals surface area contributed by atoms with Gasteiger partial charge in [-0.2, -0.15) is 0 Å². The SMILES string of the molecule is C=CCNS(=O)(=O)c1cccc(C(=O)N2CCC(C(=O)O)CC2)c1. The van der Waals surface area contributed by atoms with Crippen molar-refractivity contribution < 1.29 is 23.1 Å². The third-order valence-electron chi connectivity index (χ3n) is 3.94. The highest BCUT2D eigenvalue weighted by atomic mass is 32.2. The second-order valence-corrected chi connectivity index (χ2v) is 7.34. The van der Waals surface area contributed by atoms with Gasteiger partial charge in [0.05, 0.1) is 10.8 Å². The molecule has 8 heteroatoms. The molecule has 1 saturated heterocycles. The van der Waals surface area contributed by atoms with E-state index < -0.39 is 21.9 Å². The third kappa shape index (κ3) is 4.21. The molecule has 130 valence electrons. The standard InChI is InChI=1S/C16H20N2O5S/c1-2-8-17-24(22,23)14-5-3-4-13(11-14)15(19)18-9-6-12(7-10-18)16(20)21/h2-5,11-12,17H,1,6-10H2,(H,20,21). The number of amides is 1. The number of nitrogens with zero attached hydrogens (tertiary/aromatic N) is 1. The molecule has 0 saturated carbocycles. The van der Waals surface area contributed by atoms with Crippen molar-refractivity contribution in [3.8, 4) is 0 Å². The van der Waals surface area contributed by atoms with E-state index in [4.69, 9.17) is 5.11 Å². The fourth-order valence-corrected chi connectivity index (χ4v) is 3.60. The molecule has 0 atom stereocenters. The molecule has 0 bridgehead atoms. The van der Waals surface area contributed by atoms with E-state index in [0.717, 1.165) is 0 Å². The van der Waals surface area contributed by atoms with E-state index in [1.165, 1.54) is 24.3 Å². The van der Waals surface area contributed by atoms with Gasteiger partial charge in [0.2, 0.25) is 10.0 Å². The molecule has 1 aromatic carbocycles. The number of carboxylic acids is 1. The van der Waals surface area contributed by atoms with Crippen molar-refractivity contribution >= 4 is 21.9 Å². The first-order chi connectivity index (χ1) is 11.3. The monoisotopic (exact) mass is 352 g/mol. The third-order valence-corrected chi connectivity index (χ3v) is 5.36. The van der Waals surface area contributed by atoms with E-state index in [9.17, 15) is 18.0 Å². The van der Waals surface area contributed by atoms with Crippen molar-refractivity contribution in [2.24, 2.45) is 5.92 Å². The van der Waals surface area contributed by atoms with Crippen LogP contribution in [0.15, 0.2) is 41.8 Å². The number of hydrogen-bond donors (Lipinski definition) is 2. The van der Waals surface area contributed by atoms with Crippen LogP contribution >= 0.6 is 0 Å². The summed E-state index contributed by atoms with van der Waals surface area (Å²) in [6, 6.07) is 5.81. The molecule has 0 radical (unpaired) electrons. The maximum Gasteiger partial charge on any atom is 0.306 e. The maximum atomic E-state index is 12.5. The van der Waals surface area contributed by atoms with Gasteiger partial charge in [0.15, 0.2) is 0 Å². The predicted octanol–water partition coefficient (Wildman–Crippen LogP) is 1.09. The Kier molecular flexibility index (Phi) is 5.74. The van der Waals surface area contributed by atoms with Gasteiger partial charge in [-0.25, -0.2) is 13.1 Å². The van der Waals surface area contributed by atoms with Crippen LogP contribution in [0.2, 0.25) is 0 Å². The van der Waals surface area contributed by atoms with Crippen molar-refractivity contribution in [2.45, 2.75) is 17.7 Å². The summed E-state index contributed by atoms with van der Waals surface area (Å²) in [5.41, 5.74) is 0.269. The number of carbonyl (C=O) groups excluding carboxylic acids is 1. The van der Waals surface area contributed by atoms with Crippen molar-refractivity contribution in [3.63, 3.8) is 0 Å². The normalized spacial score (nSPS) is 15.9. The number of hydrogen-bond acceptors (Lipinski definition) is 4. The van der Waals surface area contributed by atoms with Crippen LogP contribution in [0.5, 0.6) is 0 Å². The summed E-state index contributed by atoms with van der Waals surface area (Å²) in [7, 11) is -3.70. The van der Waals surface area contributed by atoms with Crippen LogP contribution in [0, 0.1) is 5.92 Å². The summed E-state index contributed by atoms with van der Waals surface area (Å²) in [5.74, 6) is -1.56. The van der Waals surface area contributed by atoms with Crippen LogP contribution in [0.3, 0.4) is 0 Å². The fraction of sp³-hybridized carbons (Fsp3) is 0.375. The summed E-state index contributed by atoms with van der Waals surface area (Å²) >= 11 is 0. The molecule has 24 heavy (non-hydrogen) atoms. The van der Waals surface area contributed by atoms with Crippen LogP contribution in [-0.2, 0) is 14.8 Å². The quantitative estimate of drug-likeness (QED) is 0.746. The minimum atomic E-state index is -3.70. The first kappa shape index (κ1) is 18.2. The van der Waals surface area contributed by atoms with E-state index in [0.29, 0.717) is 25.9 Å². The minimum Gasteiger partial charge on any atom is -0.481 e. The lowest BCUT2D eigenvalue weighted by molar-refractivity contribution is -0.143. The lowest BCUT2D eigenvalue weighted by Crippen LogP contribution is -2.40. The molecular formula is C16H20N2O5S. The average molecular weight is 352 g/mol. The molecule has 1 aromatic rings. The van der Waals surface area contributed by atoms with E-state index >= 15 is 0 Å². The summed E-state index contributed by atoms with van der Waals surface area (Å²) in [5, 5.41) is 8.99. The molecule has 0 spiro atoms. The summed E-state index contributed by atoms with van der Waals surface area (Å²) < 4.78 is 26.6. The number of carbonyl (C=O) groups is 2. The zero-order valence-electron chi connectivity index (χ0n) is 13.1. The second-order valence-electron chi connectivity index (χ2n) is 5.57. The summed E-state index contributed by atoms with van der Waals surface area (Å²) in [4.78, 5) is 25.0. The molecule has 7 nitrogen and oxygen atoms in total. The zero-order valence-corrected chi connectivity index (χ0v) is 14.0. The van der Waals surface area contributed by atoms with Crippen LogP contribution < -0.4 is 4.72 Å². The first-order valence-corrected chi connectivity index (χ1v) is 9.06. The molecule has 1 amide bonds.